The maximum atomic E-state index is 11.2. The first-order valence-electron chi connectivity index (χ1n) is 4.84. The van der Waals surface area contributed by atoms with E-state index in [2.05, 4.69) is 10.3 Å². The molecular formula is C10H16N2O2. The largest absolute Gasteiger partial charge is 0.445 e. The second-order valence-corrected chi connectivity index (χ2v) is 3.45. The van der Waals surface area contributed by atoms with E-state index in [-0.39, 0.29) is 18.2 Å². The number of nitrogens with one attached hydrogen (secondary N) is 1. The van der Waals surface area contributed by atoms with Gasteiger partial charge in [-0.15, -0.1) is 0 Å². The van der Waals surface area contributed by atoms with Gasteiger partial charge in [-0.2, -0.15) is 0 Å². The fourth-order valence-corrected chi connectivity index (χ4v) is 1.09. The number of likely N-dealkylation sites (N-methyl/N-ethyl adjacent to an activating group) is 1. The number of amides is 1. The van der Waals surface area contributed by atoms with Gasteiger partial charge in [-0.05, 0) is 6.92 Å². The maximum absolute atomic E-state index is 11.2. The molecule has 1 N–H and O–H groups in total. The summed E-state index contributed by atoms with van der Waals surface area (Å²) in [5.41, 5.74) is 0. The SMILES string of the molecule is CCNC(=O)Cc1cnc(C(C)C)o1. The highest BCUT2D eigenvalue weighted by atomic mass is 16.4. The summed E-state index contributed by atoms with van der Waals surface area (Å²) in [6.45, 7) is 6.53. The molecule has 14 heavy (non-hydrogen) atoms. The lowest BCUT2D eigenvalue weighted by Crippen LogP contribution is -2.24. The van der Waals surface area contributed by atoms with E-state index in [4.69, 9.17) is 4.42 Å². The third-order valence-corrected chi connectivity index (χ3v) is 1.77. The molecule has 0 spiro atoms. The topological polar surface area (TPSA) is 55.1 Å². The van der Waals surface area contributed by atoms with E-state index >= 15 is 0 Å². The van der Waals surface area contributed by atoms with Gasteiger partial charge in [0.1, 0.15) is 5.76 Å². The van der Waals surface area contributed by atoms with Crippen LogP contribution in [0.15, 0.2) is 10.6 Å². The predicted molar refractivity (Wildman–Crippen MR) is 53.0 cm³/mol. The average Bonchev–Trinajstić information content (AvgIpc) is 2.53. The highest BCUT2D eigenvalue weighted by molar-refractivity contribution is 5.77. The van der Waals surface area contributed by atoms with Crippen LogP contribution in [0.1, 0.15) is 38.3 Å². The van der Waals surface area contributed by atoms with E-state index in [0.29, 0.717) is 18.2 Å². The summed E-state index contributed by atoms with van der Waals surface area (Å²) >= 11 is 0. The van der Waals surface area contributed by atoms with Crippen molar-refractivity contribution in [3.05, 3.63) is 17.8 Å². The van der Waals surface area contributed by atoms with Gasteiger partial charge in [-0.3, -0.25) is 4.79 Å². The van der Waals surface area contributed by atoms with Gasteiger partial charge in [0.05, 0.1) is 12.6 Å². The first-order valence-corrected chi connectivity index (χ1v) is 4.84. The Labute approximate surface area is 83.7 Å². The second-order valence-electron chi connectivity index (χ2n) is 3.45. The Bertz CT molecular complexity index is 305. The number of rotatable bonds is 4. The molecule has 0 aliphatic rings. The van der Waals surface area contributed by atoms with Crippen molar-refractivity contribution < 1.29 is 9.21 Å². The molecule has 0 fully saturated rings. The molecule has 1 aromatic heterocycles. The van der Waals surface area contributed by atoms with Gasteiger partial charge in [0.2, 0.25) is 5.91 Å². The van der Waals surface area contributed by atoms with Gasteiger partial charge in [0.15, 0.2) is 5.89 Å². The molecule has 0 unspecified atom stereocenters. The van der Waals surface area contributed by atoms with Crippen LogP contribution >= 0.6 is 0 Å². The van der Waals surface area contributed by atoms with Crippen LogP contribution in [0.4, 0.5) is 0 Å². The molecule has 0 saturated heterocycles. The molecule has 0 aromatic carbocycles. The summed E-state index contributed by atoms with van der Waals surface area (Å²) in [7, 11) is 0. The van der Waals surface area contributed by atoms with Crippen molar-refractivity contribution in [3.8, 4) is 0 Å². The van der Waals surface area contributed by atoms with Crippen LogP contribution in [0.2, 0.25) is 0 Å². The summed E-state index contributed by atoms with van der Waals surface area (Å²) in [6, 6.07) is 0. The summed E-state index contributed by atoms with van der Waals surface area (Å²) in [6.07, 6.45) is 1.89. The van der Waals surface area contributed by atoms with Gasteiger partial charge >= 0.3 is 0 Å². The molecule has 78 valence electrons. The van der Waals surface area contributed by atoms with Crippen LogP contribution in [0.25, 0.3) is 0 Å². The molecule has 1 heterocycles. The second kappa shape index (κ2) is 4.79. The van der Waals surface area contributed by atoms with Crippen LogP contribution in [0.5, 0.6) is 0 Å². The predicted octanol–water partition coefficient (Wildman–Crippen LogP) is 1.48. The van der Waals surface area contributed by atoms with Crippen LogP contribution in [-0.2, 0) is 11.2 Å². The molecule has 0 aliphatic heterocycles. The van der Waals surface area contributed by atoms with Crippen LogP contribution < -0.4 is 5.32 Å². The number of nitrogens with zero attached hydrogens (tertiary/aromatic N) is 1. The smallest absolute Gasteiger partial charge is 0.227 e. The first-order chi connectivity index (χ1) is 6.63. The van der Waals surface area contributed by atoms with Crippen LogP contribution in [0.3, 0.4) is 0 Å². The normalized spacial score (nSPS) is 10.6. The van der Waals surface area contributed by atoms with Gasteiger partial charge in [0.25, 0.3) is 0 Å². The summed E-state index contributed by atoms with van der Waals surface area (Å²) in [4.78, 5) is 15.3. The van der Waals surface area contributed by atoms with Gasteiger partial charge in [0, 0.05) is 12.5 Å². The van der Waals surface area contributed by atoms with Gasteiger partial charge in [-0.1, -0.05) is 13.8 Å². The number of carbonyl (C=O) groups excluding carboxylic acids is 1. The number of hydrogen-bond acceptors (Lipinski definition) is 3. The lowest BCUT2D eigenvalue weighted by Gasteiger charge is -1.99. The summed E-state index contributed by atoms with van der Waals surface area (Å²) in [5.74, 6) is 1.54. The molecule has 1 rings (SSSR count). The third-order valence-electron chi connectivity index (χ3n) is 1.77. The zero-order chi connectivity index (χ0) is 10.6. The zero-order valence-corrected chi connectivity index (χ0v) is 8.83. The monoisotopic (exact) mass is 196 g/mol. The minimum Gasteiger partial charge on any atom is -0.445 e. The number of oxazole rings is 1. The van der Waals surface area contributed by atoms with E-state index < -0.39 is 0 Å². The van der Waals surface area contributed by atoms with E-state index in [0.717, 1.165) is 0 Å². The standard InChI is InChI=1S/C10H16N2O2/c1-4-11-9(13)5-8-6-12-10(14-8)7(2)3/h6-7H,4-5H2,1-3H3,(H,11,13). The van der Waals surface area contributed by atoms with Crippen LogP contribution in [0, 0.1) is 0 Å². The lowest BCUT2D eigenvalue weighted by molar-refractivity contribution is -0.120. The number of aromatic nitrogens is 1. The Balaban J connectivity index is 2.55. The van der Waals surface area contributed by atoms with Crippen molar-refractivity contribution in [1.29, 1.82) is 0 Å². The molecule has 0 radical (unpaired) electrons. The van der Waals surface area contributed by atoms with Crippen molar-refractivity contribution in [2.75, 3.05) is 6.54 Å². The fourth-order valence-electron chi connectivity index (χ4n) is 1.09. The Morgan fingerprint density at radius 2 is 2.36 bits per heavy atom. The quantitative estimate of drug-likeness (QED) is 0.793. The highest BCUT2D eigenvalue weighted by Crippen LogP contribution is 2.14. The Kier molecular flexibility index (Phi) is 3.68. The molecule has 1 amide bonds. The molecule has 0 saturated carbocycles. The Hall–Kier alpha value is -1.32. The molecule has 0 bridgehead atoms. The molecule has 0 atom stereocenters. The maximum Gasteiger partial charge on any atom is 0.227 e. The Morgan fingerprint density at radius 1 is 1.64 bits per heavy atom. The first kappa shape index (κ1) is 10.8. The van der Waals surface area contributed by atoms with E-state index in [1.807, 2.05) is 20.8 Å². The van der Waals surface area contributed by atoms with E-state index in [1.54, 1.807) is 6.20 Å². The van der Waals surface area contributed by atoms with Crippen molar-refractivity contribution in [2.24, 2.45) is 0 Å². The van der Waals surface area contributed by atoms with E-state index in [1.165, 1.54) is 0 Å². The minimum atomic E-state index is -0.0287. The summed E-state index contributed by atoms with van der Waals surface area (Å²) < 4.78 is 5.39. The molecule has 0 aliphatic carbocycles. The van der Waals surface area contributed by atoms with E-state index in [9.17, 15) is 4.79 Å². The third kappa shape index (κ3) is 2.87. The van der Waals surface area contributed by atoms with Crippen molar-refractivity contribution in [2.45, 2.75) is 33.1 Å². The molecule has 4 nitrogen and oxygen atoms in total. The average molecular weight is 196 g/mol. The number of hydrogen-bond donors (Lipinski definition) is 1. The van der Waals surface area contributed by atoms with Crippen LogP contribution in [-0.4, -0.2) is 17.4 Å². The van der Waals surface area contributed by atoms with Crippen molar-refractivity contribution in [3.63, 3.8) is 0 Å². The molecule has 1 aromatic rings. The zero-order valence-electron chi connectivity index (χ0n) is 8.83. The Morgan fingerprint density at radius 3 is 2.86 bits per heavy atom. The van der Waals surface area contributed by atoms with Crippen molar-refractivity contribution in [1.82, 2.24) is 10.3 Å². The summed E-state index contributed by atoms with van der Waals surface area (Å²) in [5, 5.41) is 2.71. The minimum absolute atomic E-state index is 0.0287. The van der Waals surface area contributed by atoms with Gasteiger partial charge in [-0.25, -0.2) is 4.98 Å². The lowest BCUT2D eigenvalue weighted by atomic mass is 10.2. The molecule has 4 heteroatoms. The fraction of sp³-hybridized carbons (Fsp3) is 0.600. The highest BCUT2D eigenvalue weighted by Gasteiger charge is 2.10. The number of carbonyl (C=O) groups is 1. The van der Waals surface area contributed by atoms with Gasteiger partial charge < -0.3 is 9.73 Å². The van der Waals surface area contributed by atoms with Crippen molar-refractivity contribution >= 4 is 5.91 Å². The molecular weight excluding hydrogens is 180 g/mol.